The van der Waals surface area contributed by atoms with Gasteiger partial charge in [-0.1, -0.05) is 11.8 Å². The second kappa shape index (κ2) is 2.31. The third kappa shape index (κ3) is 0.944. The summed E-state index contributed by atoms with van der Waals surface area (Å²) in [4.78, 5) is 4.16. The molecule has 1 aliphatic rings. The molecular weight excluding hydrogens is 146 g/mol. The van der Waals surface area contributed by atoms with Crippen molar-refractivity contribution in [3.05, 3.63) is 12.1 Å². The van der Waals surface area contributed by atoms with Gasteiger partial charge in [0.25, 0.3) is 0 Å². The number of rotatable bonds is 2. The molecule has 0 radical (unpaired) electrons. The molecule has 0 spiro atoms. The molecule has 1 aromatic rings. The van der Waals surface area contributed by atoms with Gasteiger partial charge in [-0.3, -0.25) is 0 Å². The Labute approximate surface area is 64.0 Å². The maximum Gasteiger partial charge on any atom is 0.183 e. The maximum absolute atomic E-state index is 5.17. The number of oxazole rings is 1. The Morgan fingerprint density at radius 2 is 2.50 bits per heavy atom. The zero-order chi connectivity index (χ0) is 6.97. The number of thioether (sulfide) groups is 1. The Morgan fingerprint density at radius 3 is 3.10 bits per heavy atom. The highest BCUT2D eigenvalue weighted by Gasteiger charge is 2.28. The largest absolute Gasteiger partial charge is 0.437 e. The highest BCUT2D eigenvalue weighted by atomic mass is 32.2. The van der Waals surface area contributed by atoms with Gasteiger partial charge in [0.1, 0.15) is 0 Å². The van der Waals surface area contributed by atoms with Gasteiger partial charge >= 0.3 is 0 Å². The minimum atomic E-state index is 0.709. The van der Waals surface area contributed by atoms with E-state index in [0.29, 0.717) is 5.92 Å². The SMILES string of the molecule is CSc1ocnc1C1CC1. The summed E-state index contributed by atoms with van der Waals surface area (Å²) in [5, 5.41) is 1.00. The summed E-state index contributed by atoms with van der Waals surface area (Å²) < 4.78 is 5.17. The standard InChI is InChI=1S/C7H9NOS/c1-10-7-6(5-2-3-5)8-4-9-7/h4-5H,2-3H2,1H3. The molecule has 0 saturated heterocycles. The van der Waals surface area contributed by atoms with E-state index >= 15 is 0 Å². The van der Waals surface area contributed by atoms with E-state index in [1.54, 1.807) is 18.2 Å². The summed E-state index contributed by atoms with van der Waals surface area (Å²) in [6.07, 6.45) is 6.14. The van der Waals surface area contributed by atoms with Gasteiger partial charge in [-0.25, -0.2) is 4.98 Å². The highest BCUT2D eigenvalue weighted by molar-refractivity contribution is 7.98. The summed E-state index contributed by atoms with van der Waals surface area (Å²) in [6.45, 7) is 0. The smallest absolute Gasteiger partial charge is 0.183 e. The molecule has 1 aliphatic carbocycles. The molecule has 0 aromatic carbocycles. The van der Waals surface area contributed by atoms with Crippen molar-refractivity contribution in [3.8, 4) is 0 Å². The molecule has 1 aromatic heterocycles. The van der Waals surface area contributed by atoms with Crippen LogP contribution in [0.15, 0.2) is 15.9 Å². The molecule has 0 amide bonds. The Balaban J connectivity index is 2.28. The molecule has 54 valence electrons. The minimum Gasteiger partial charge on any atom is -0.437 e. The van der Waals surface area contributed by atoms with E-state index in [9.17, 15) is 0 Å². The second-order valence-electron chi connectivity index (χ2n) is 2.50. The van der Waals surface area contributed by atoms with Crippen LogP contribution < -0.4 is 0 Å². The molecule has 1 fully saturated rings. The van der Waals surface area contributed by atoms with E-state index in [-0.39, 0.29) is 0 Å². The van der Waals surface area contributed by atoms with Gasteiger partial charge in [-0.2, -0.15) is 0 Å². The first-order chi connectivity index (χ1) is 4.92. The first-order valence-corrected chi connectivity index (χ1v) is 4.61. The van der Waals surface area contributed by atoms with E-state index < -0.39 is 0 Å². The van der Waals surface area contributed by atoms with Gasteiger partial charge < -0.3 is 4.42 Å². The van der Waals surface area contributed by atoms with Crippen molar-refractivity contribution >= 4 is 11.8 Å². The molecule has 0 unspecified atom stereocenters. The van der Waals surface area contributed by atoms with Crippen LogP contribution in [0, 0.1) is 0 Å². The Morgan fingerprint density at radius 1 is 1.70 bits per heavy atom. The number of hydrogen-bond acceptors (Lipinski definition) is 3. The molecule has 2 nitrogen and oxygen atoms in total. The van der Waals surface area contributed by atoms with Gasteiger partial charge in [-0.05, 0) is 19.1 Å². The average molecular weight is 155 g/mol. The summed E-state index contributed by atoms with van der Waals surface area (Å²) in [7, 11) is 0. The molecule has 10 heavy (non-hydrogen) atoms. The molecular formula is C7H9NOS. The minimum absolute atomic E-state index is 0.709. The van der Waals surface area contributed by atoms with Crippen LogP contribution in [0.3, 0.4) is 0 Å². The lowest BCUT2D eigenvalue weighted by atomic mass is 10.3. The Kier molecular flexibility index (Phi) is 1.45. The first-order valence-electron chi connectivity index (χ1n) is 3.39. The van der Waals surface area contributed by atoms with E-state index in [2.05, 4.69) is 4.98 Å². The van der Waals surface area contributed by atoms with Crippen molar-refractivity contribution in [2.45, 2.75) is 23.9 Å². The van der Waals surface area contributed by atoms with E-state index in [0.717, 1.165) is 5.09 Å². The van der Waals surface area contributed by atoms with Crippen LogP contribution in [-0.4, -0.2) is 11.2 Å². The first kappa shape index (κ1) is 6.28. The van der Waals surface area contributed by atoms with Crippen LogP contribution in [0.2, 0.25) is 0 Å². The van der Waals surface area contributed by atoms with Gasteiger partial charge in [0.15, 0.2) is 11.5 Å². The topological polar surface area (TPSA) is 26.0 Å². The number of nitrogens with zero attached hydrogens (tertiary/aromatic N) is 1. The molecule has 0 atom stereocenters. The lowest BCUT2D eigenvalue weighted by molar-refractivity contribution is 0.465. The average Bonchev–Trinajstić information content (AvgIpc) is 2.69. The molecule has 2 rings (SSSR count). The predicted octanol–water partition coefficient (Wildman–Crippen LogP) is 2.27. The van der Waals surface area contributed by atoms with E-state index in [4.69, 9.17) is 4.42 Å². The Hall–Kier alpha value is -0.440. The van der Waals surface area contributed by atoms with Crippen molar-refractivity contribution < 1.29 is 4.42 Å². The summed E-state index contributed by atoms with van der Waals surface area (Å²) in [5.74, 6) is 0.709. The van der Waals surface area contributed by atoms with Crippen LogP contribution in [0.4, 0.5) is 0 Å². The molecule has 0 N–H and O–H groups in total. The van der Waals surface area contributed by atoms with Crippen molar-refractivity contribution in [2.75, 3.05) is 6.26 Å². The fourth-order valence-electron chi connectivity index (χ4n) is 1.03. The monoisotopic (exact) mass is 155 g/mol. The Bertz CT molecular complexity index is 229. The van der Waals surface area contributed by atoms with Crippen molar-refractivity contribution in [1.29, 1.82) is 0 Å². The fraction of sp³-hybridized carbons (Fsp3) is 0.571. The molecule has 0 bridgehead atoms. The van der Waals surface area contributed by atoms with Gasteiger partial charge in [-0.15, -0.1) is 0 Å². The van der Waals surface area contributed by atoms with Gasteiger partial charge in [0.2, 0.25) is 0 Å². The van der Waals surface area contributed by atoms with Crippen LogP contribution in [-0.2, 0) is 0 Å². The fourth-order valence-corrected chi connectivity index (χ4v) is 1.59. The normalized spacial score (nSPS) is 17.7. The number of aromatic nitrogens is 1. The van der Waals surface area contributed by atoms with Gasteiger partial charge in [0, 0.05) is 5.92 Å². The molecule has 1 heterocycles. The van der Waals surface area contributed by atoms with E-state index in [1.807, 2.05) is 6.26 Å². The quantitative estimate of drug-likeness (QED) is 0.613. The van der Waals surface area contributed by atoms with Crippen molar-refractivity contribution in [2.24, 2.45) is 0 Å². The summed E-state index contributed by atoms with van der Waals surface area (Å²) in [5.41, 5.74) is 1.17. The highest BCUT2D eigenvalue weighted by Crippen LogP contribution is 2.42. The third-order valence-corrected chi connectivity index (χ3v) is 2.39. The van der Waals surface area contributed by atoms with Gasteiger partial charge in [0.05, 0.1) is 5.69 Å². The second-order valence-corrected chi connectivity index (χ2v) is 3.28. The molecule has 0 aliphatic heterocycles. The van der Waals surface area contributed by atoms with Crippen LogP contribution in [0.25, 0.3) is 0 Å². The maximum atomic E-state index is 5.17. The predicted molar refractivity (Wildman–Crippen MR) is 40.3 cm³/mol. The third-order valence-electron chi connectivity index (χ3n) is 1.71. The van der Waals surface area contributed by atoms with Crippen LogP contribution in [0.5, 0.6) is 0 Å². The lowest BCUT2D eigenvalue weighted by Gasteiger charge is -1.90. The summed E-state index contributed by atoms with van der Waals surface area (Å²) in [6, 6.07) is 0. The summed E-state index contributed by atoms with van der Waals surface area (Å²) >= 11 is 1.64. The van der Waals surface area contributed by atoms with Crippen LogP contribution in [0.1, 0.15) is 24.5 Å². The van der Waals surface area contributed by atoms with Crippen molar-refractivity contribution in [3.63, 3.8) is 0 Å². The zero-order valence-electron chi connectivity index (χ0n) is 5.83. The molecule has 1 saturated carbocycles. The van der Waals surface area contributed by atoms with E-state index in [1.165, 1.54) is 18.5 Å². The van der Waals surface area contributed by atoms with Crippen LogP contribution >= 0.6 is 11.8 Å². The van der Waals surface area contributed by atoms with Crippen molar-refractivity contribution in [1.82, 2.24) is 4.98 Å². The molecule has 3 heteroatoms. The zero-order valence-corrected chi connectivity index (χ0v) is 6.65. The lowest BCUT2D eigenvalue weighted by Crippen LogP contribution is -1.79. The number of hydrogen-bond donors (Lipinski definition) is 0.